The van der Waals surface area contributed by atoms with Gasteiger partial charge in [0.2, 0.25) is 0 Å². The van der Waals surface area contributed by atoms with Crippen molar-refractivity contribution in [3.63, 3.8) is 0 Å². The normalized spacial score (nSPS) is 10.5. The van der Waals surface area contributed by atoms with E-state index in [0.29, 0.717) is 24.3 Å². The van der Waals surface area contributed by atoms with Gasteiger partial charge in [-0.2, -0.15) is 0 Å². The molecule has 0 aliphatic heterocycles. The van der Waals surface area contributed by atoms with Gasteiger partial charge in [0.15, 0.2) is 0 Å². The van der Waals surface area contributed by atoms with Gasteiger partial charge in [-0.15, -0.1) is 0 Å². The molecule has 6 nitrogen and oxygen atoms in total. The number of hydrogen-bond donors (Lipinski definition) is 2. The first kappa shape index (κ1) is 19.1. The average Bonchev–Trinajstić information content (AvgIpc) is 2.66. The lowest BCUT2D eigenvalue weighted by Gasteiger charge is -2.06. The molecular formula is C20H21NO5. The Morgan fingerprint density at radius 3 is 2.62 bits per heavy atom. The summed E-state index contributed by atoms with van der Waals surface area (Å²) in [5.74, 6) is -0.534. The van der Waals surface area contributed by atoms with E-state index in [0.717, 1.165) is 5.56 Å². The van der Waals surface area contributed by atoms with Crippen LogP contribution in [0.3, 0.4) is 0 Å². The molecule has 2 aromatic carbocycles. The summed E-state index contributed by atoms with van der Waals surface area (Å²) in [5, 5.41) is 11.8. The lowest BCUT2D eigenvalue weighted by atomic mass is 10.1. The maximum Gasteiger partial charge on any atom is 0.407 e. The van der Waals surface area contributed by atoms with Crippen LogP contribution >= 0.6 is 0 Å². The summed E-state index contributed by atoms with van der Waals surface area (Å²) in [7, 11) is 1.49. The second-order valence-corrected chi connectivity index (χ2v) is 5.48. The topological polar surface area (TPSA) is 84.9 Å². The second kappa shape index (κ2) is 9.88. The van der Waals surface area contributed by atoms with Gasteiger partial charge in [0.05, 0.1) is 12.7 Å². The van der Waals surface area contributed by atoms with Gasteiger partial charge < -0.3 is 19.9 Å². The number of carbonyl (C=O) groups is 2. The first-order valence-electron chi connectivity index (χ1n) is 8.12. The minimum atomic E-state index is -1.01. The molecular weight excluding hydrogens is 334 g/mol. The average molecular weight is 355 g/mol. The molecule has 26 heavy (non-hydrogen) atoms. The third-order valence-corrected chi connectivity index (χ3v) is 3.51. The Morgan fingerprint density at radius 2 is 1.92 bits per heavy atom. The molecule has 2 rings (SSSR count). The van der Waals surface area contributed by atoms with E-state index in [9.17, 15) is 9.59 Å². The van der Waals surface area contributed by atoms with Gasteiger partial charge in [0.25, 0.3) is 0 Å². The number of carboxylic acid groups (broad SMARTS) is 1. The fourth-order valence-electron chi connectivity index (χ4n) is 2.21. The predicted octanol–water partition coefficient (Wildman–Crippen LogP) is 3.72. The molecule has 0 unspecified atom stereocenters. The molecule has 0 aromatic heterocycles. The highest BCUT2D eigenvalue weighted by molar-refractivity contribution is 5.89. The van der Waals surface area contributed by atoms with E-state index in [2.05, 4.69) is 5.32 Å². The van der Waals surface area contributed by atoms with Crippen molar-refractivity contribution in [2.24, 2.45) is 0 Å². The lowest BCUT2D eigenvalue weighted by molar-refractivity contribution is 0.0696. The molecule has 0 aliphatic rings. The Labute approximate surface area is 152 Å². The van der Waals surface area contributed by atoms with Crippen LogP contribution in [-0.4, -0.2) is 30.8 Å². The molecule has 6 heteroatoms. The maximum absolute atomic E-state index is 11.6. The zero-order chi connectivity index (χ0) is 18.8. The fourth-order valence-corrected chi connectivity index (χ4v) is 2.21. The van der Waals surface area contributed by atoms with Crippen molar-refractivity contribution >= 4 is 18.1 Å². The van der Waals surface area contributed by atoms with Crippen LogP contribution < -0.4 is 10.1 Å². The van der Waals surface area contributed by atoms with Crippen LogP contribution in [0.2, 0.25) is 0 Å². The second-order valence-electron chi connectivity index (χ2n) is 5.48. The largest absolute Gasteiger partial charge is 0.497 e. The van der Waals surface area contributed by atoms with E-state index in [4.69, 9.17) is 14.6 Å². The highest BCUT2D eigenvalue weighted by Gasteiger charge is 2.06. The van der Waals surface area contributed by atoms with Crippen LogP contribution in [0.5, 0.6) is 5.75 Å². The van der Waals surface area contributed by atoms with Gasteiger partial charge >= 0.3 is 12.1 Å². The smallest absolute Gasteiger partial charge is 0.407 e. The summed E-state index contributed by atoms with van der Waals surface area (Å²) >= 11 is 0. The third kappa shape index (κ3) is 6.32. The van der Waals surface area contributed by atoms with Gasteiger partial charge in [0.1, 0.15) is 12.4 Å². The molecule has 136 valence electrons. The molecule has 0 saturated heterocycles. The van der Waals surface area contributed by atoms with Gasteiger partial charge in [0, 0.05) is 6.54 Å². The molecule has 0 atom stereocenters. The van der Waals surface area contributed by atoms with Gasteiger partial charge in [-0.25, -0.2) is 9.59 Å². The number of methoxy groups -OCH3 is 1. The molecule has 0 spiro atoms. The monoisotopic (exact) mass is 355 g/mol. The predicted molar refractivity (Wildman–Crippen MR) is 98.2 cm³/mol. The Kier molecular flexibility index (Phi) is 7.24. The number of ether oxygens (including phenoxy) is 2. The van der Waals surface area contributed by atoms with Crippen molar-refractivity contribution in [1.29, 1.82) is 0 Å². The minimum Gasteiger partial charge on any atom is -0.497 e. The van der Waals surface area contributed by atoms with Crippen molar-refractivity contribution in [3.05, 3.63) is 71.3 Å². The Morgan fingerprint density at radius 1 is 1.15 bits per heavy atom. The zero-order valence-electron chi connectivity index (χ0n) is 14.5. The summed E-state index contributed by atoms with van der Waals surface area (Å²) in [5.41, 5.74) is 1.80. The van der Waals surface area contributed by atoms with E-state index in [1.54, 1.807) is 18.2 Å². The van der Waals surface area contributed by atoms with Crippen molar-refractivity contribution < 1.29 is 24.2 Å². The maximum atomic E-state index is 11.6. The minimum absolute atomic E-state index is 0.159. The molecule has 0 radical (unpaired) electrons. The summed E-state index contributed by atoms with van der Waals surface area (Å²) in [6.45, 7) is 0.643. The zero-order valence-corrected chi connectivity index (χ0v) is 14.5. The first-order valence-corrected chi connectivity index (χ1v) is 8.12. The summed E-state index contributed by atoms with van der Waals surface area (Å²) in [6.07, 6.45) is 3.74. The number of nitrogens with one attached hydrogen (secondary N) is 1. The highest BCUT2D eigenvalue weighted by Crippen LogP contribution is 2.18. The number of amides is 1. The molecule has 0 heterocycles. The number of carboxylic acids is 1. The first-order chi connectivity index (χ1) is 12.6. The number of benzene rings is 2. The van der Waals surface area contributed by atoms with Crippen LogP contribution in [0.1, 0.15) is 27.9 Å². The lowest BCUT2D eigenvalue weighted by Crippen LogP contribution is -2.24. The summed E-state index contributed by atoms with van der Waals surface area (Å²) in [6, 6.07) is 14.2. The van der Waals surface area contributed by atoms with Gasteiger partial charge in [-0.05, 0) is 35.7 Å². The summed E-state index contributed by atoms with van der Waals surface area (Å²) < 4.78 is 10.2. The van der Waals surface area contributed by atoms with E-state index in [-0.39, 0.29) is 12.2 Å². The Hall–Kier alpha value is -3.28. The standard InChI is InChI=1S/C20H21NO5/c1-25-18-12-16(11-17(13-18)19(22)23)9-5-6-10-21-20(24)26-14-15-7-3-2-4-8-15/h2-5,7-9,11-13H,6,10,14H2,1H3,(H,21,24)(H,22,23). The summed E-state index contributed by atoms with van der Waals surface area (Å²) in [4.78, 5) is 22.7. The van der Waals surface area contributed by atoms with Crippen LogP contribution in [0.4, 0.5) is 4.79 Å². The van der Waals surface area contributed by atoms with Crippen LogP contribution in [-0.2, 0) is 11.3 Å². The number of aromatic carboxylic acids is 1. The molecule has 0 saturated carbocycles. The molecule has 0 aliphatic carbocycles. The van der Waals surface area contributed by atoms with Gasteiger partial charge in [-0.3, -0.25) is 0 Å². The van der Waals surface area contributed by atoms with Crippen molar-refractivity contribution in [1.82, 2.24) is 5.32 Å². The molecule has 2 aromatic rings. The molecule has 0 fully saturated rings. The van der Waals surface area contributed by atoms with E-state index in [1.165, 1.54) is 13.2 Å². The van der Waals surface area contributed by atoms with Crippen molar-refractivity contribution in [2.45, 2.75) is 13.0 Å². The fraction of sp³-hybridized carbons (Fsp3) is 0.200. The van der Waals surface area contributed by atoms with Crippen molar-refractivity contribution in [3.8, 4) is 5.75 Å². The Balaban J connectivity index is 1.76. The number of alkyl carbamates (subject to hydrolysis) is 1. The van der Waals surface area contributed by atoms with Crippen molar-refractivity contribution in [2.75, 3.05) is 13.7 Å². The molecule has 0 bridgehead atoms. The number of carbonyl (C=O) groups excluding carboxylic acids is 1. The van der Waals surface area contributed by atoms with E-state index >= 15 is 0 Å². The number of rotatable bonds is 8. The SMILES string of the molecule is COc1cc(C=CCCNC(=O)OCc2ccccc2)cc(C(=O)O)c1. The number of hydrogen-bond acceptors (Lipinski definition) is 4. The highest BCUT2D eigenvalue weighted by atomic mass is 16.5. The van der Waals surface area contributed by atoms with E-state index in [1.807, 2.05) is 36.4 Å². The van der Waals surface area contributed by atoms with Crippen LogP contribution in [0.25, 0.3) is 6.08 Å². The van der Waals surface area contributed by atoms with Crippen LogP contribution in [0, 0.1) is 0 Å². The van der Waals surface area contributed by atoms with Crippen LogP contribution in [0.15, 0.2) is 54.6 Å². The van der Waals surface area contributed by atoms with Gasteiger partial charge in [-0.1, -0.05) is 42.5 Å². The quantitative estimate of drug-likeness (QED) is 0.705. The van der Waals surface area contributed by atoms with E-state index < -0.39 is 12.1 Å². The third-order valence-electron chi connectivity index (χ3n) is 3.51. The molecule has 1 amide bonds. The molecule has 2 N–H and O–H groups in total. The Bertz CT molecular complexity index is 771.